The molecule has 0 radical (unpaired) electrons. The minimum absolute atomic E-state index is 0.0135. The van der Waals surface area contributed by atoms with Crippen LogP contribution in [0.4, 0.5) is 0 Å². The topological polar surface area (TPSA) is 70.4 Å². The molecule has 4 rings (SSSR count). The molecule has 7 heteroatoms. The number of carbonyl (C=O) groups is 1. The maximum Gasteiger partial charge on any atom is 0.326 e. The smallest absolute Gasteiger partial charge is 0.326 e. The van der Waals surface area contributed by atoms with E-state index in [1.54, 1.807) is 0 Å². The second kappa shape index (κ2) is 8.14. The predicted molar refractivity (Wildman–Crippen MR) is 109 cm³/mol. The van der Waals surface area contributed by atoms with Crippen LogP contribution in [-0.2, 0) is 16.1 Å². The fraction of sp³-hybridized carbons (Fsp3) is 0.381. The number of benzene rings is 1. The summed E-state index contributed by atoms with van der Waals surface area (Å²) < 4.78 is 12.3. The van der Waals surface area contributed by atoms with Gasteiger partial charge in [0.05, 0.1) is 18.3 Å². The van der Waals surface area contributed by atoms with E-state index in [0.717, 1.165) is 42.6 Å². The Morgan fingerprint density at radius 2 is 2.00 bits per heavy atom. The molecule has 2 heterocycles. The number of ether oxygens (including phenoxy) is 2. The zero-order valence-electron chi connectivity index (χ0n) is 15.7. The minimum atomic E-state index is -0.381. The number of rotatable bonds is 6. The zero-order chi connectivity index (χ0) is 19.5. The Balaban J connectivity index is 1.62. The summed E-state index contributed by atoms with van der Waals surface area (Å²) in [6.07, 6.45) is 5.41. The molecular weight excluding hydrogens is 376 g/mol. The molecule has 0 bridgehead atoms. The van der Waals surface area contributed by atoms with Gasteiger partial charge in [0.2, 0.25) is 0 Å². The first kappa shape index (κ1) is 18.7. The number of esters is 1. The molecule has 1 saturated carbocycles. The predicted octanol–water partition coefficient (Wildman–Crippen LogP) is 4.01. The van der Waals surface area contributed by atoms with Crippen molar-refractivity contribution in [3.05, 3.63) is 46.3 Å². The lowest BCUT2D eigenvalue weighted by Gasteiger charge is -2.12. The maximum absolute atomic E-state index is 13.0. The van der Waals surface area contributed by atoms with Crippen molar-refractivity contribution >= 4 is 27.5 Å². The molecule has 0 N–H and O–H groups in total. The number of aromatic nitrogens is 2. The monoisotopic (exact) mass is 398 g/mol. The summed E-state index contributed by atoms with van der Waals surface area (Å²) in [5, 5.41) is 2.46. The van der Waals surface area contributed by atoms with E-state index in [1.165, 1.54) is 22.2 Å². The van der Waals surface area contributed by atoms with Gasteiger partial charge in [-0.2, -0.15) is 0 Å². The van der Waals surface area contributed by atoms with Crippen LogP contribution in [-0.4, -0.2) is 28.2 Å². The molecule has 1 fully saturated rings. The summed E-state index contributed by atoms with van der Waals surface area (Å²) >= 11 is 1.42. The van der Waals surface area contributed by atoms with E-state index in [2.05, 4.69) is 4.98 Å². The van der Waals surface area contributed by atoms with Crippen LogP contribution < -0.4 is 10.3 Å². The maximum atomic E-state index is 13.0. The summed E-state index contributed by atoms with van der Waals surface area (Å²) in [5.74, 6) is 0.406. The lowest BCUT2D eigenvalue weighted by Crippen LogP contribution is -2.27. The molecule has 3 aromatic rings. The van der Waals surface area contributed by atoms with Gasteiger partial charge in [-0.15, -0.1) is 11.3 Å². The second-order valence-corrected chi connectivity index (χ2v) is 7.72. The lowest BCUT2D eigenvalue weighted by molar-refractivity contribution is -0.149. The first-order valence-electron chi connectivity index (χ1n) is 9.55. The van der Waals surface area contributed by atoms with E-state index in [0.29, 0.717) is 16.8 Å². The van der Waals surface area contributed by atoms with E-state index in [-0.39, 0.29) is 24.2 Å². The molecule has 0 aliphatic heterocycles. The average molecular weight is 398 g/mol. The normalized spacial score (nSPS) is 14.5. The quantitative estimate of drug-likeness (QED) is 0.587. The van der Waals surface area contributed by atoms with Gasteiger partial charge in [0.1, 0.15) is 23.2 Å². The number of thiophene rings is 1. The molecule has 0 saturated heterocycles. The van der Waals surface area contributed by atoms with E-state index in [9.17, 15) is 9.59 Å². The van der Waals surface area contributed by atoms with Gasteiger partial charge in [0.25, 0.3) is 5.56 Å². The molecule has 0 unspecified atom stereocenters. The van der Waals surface area contributed by atoms with E-state index < -0.39 is 0 Å². The van der Waals surface area contributed by atoms with E-state index in [1.807, 2.05) is 36.6 Å². The van der Waals surface area contributed by atoms with Gasteiger partial charge in [-0.1, -0.05) is 12.1 Å². The first-order chi connectivity index (χ1) is 13.7. The fourth-order valence-electron chi connectivity index (χ4n) is 3.56. The Hall–Kier alpha value is -2.67. The largest absolute Gasteiger partial charge is 0.494 e. The van der Waals surface area contributed by atoms with Crippen molar-refractivity contribution in [3.8, 4) is 16.9 Å². The van der Waals surface area contributed by atoms with Gasteiger partial charge < -0.3 is 9.47 Å². The SMILES string of the molecule is CCOc1ccc(-c2csc3ncn(CC(=O)OC4CCCC4)c(=O)c23)cc1. The Kier molecular flexibility index (Phi) is 5.43. The highest BCUT2D eigenvalue weighted by Gasteiger charge is 2.20. The van der Waals surface area contributed by atoms with Crippen LogP contribution >= 0.6 is 11.3 Å². The number of fused-ring (bicyclic) bond motifs is 1. The molecule has 1 aromatic carbocycles. The molecule has 1 aliphatic rings. The summed E-state index contributed by atoms with van der Waals surface area (Å²) in [4.78, 5) is 30.3. The van der Waals surface area contributed by atoms with Crippen LogP contribution in [0.25, 0.3) is 21.3 Å². The molecule has 1 aliphatic carbocycles. The molecule has 28 heavy (non-hydrogen) atoms. The first-order valence-corrected chi connectivity index (χ1v) is 10.4. The van der Waals surface area contributed by atoms with Crippen molar-refractivity contribution in [3.63, 3.8) is 0 Å². The lowest BCUT2D eigenvalue weighted by atomic mass is 10.1. The molecule has 0 atom stereocenters. The van der Waals surface area contributed by atoms with Gasteiger partial charge in [-0.05, 0) is 50.3 Å². The summed E-state index contributed by atoms with van der Waals surface area (Å²) in [5.41, 5.74) is 1.51. The van der Waals surface area contributed by atoms with Crippen LogP contribution in [0.1, 0.15) is 32.6 Å². The van der Waals surface area contributed by atoms with Crippen molar-refractivity contribution < 1.29 is 14.3 Å². The average Bonchev–Trinajstić information content (AvgIpc) is 3.35. The third kappa shape index (κ3) is 3.80. The molecule has 0 spiro atoms. The van der Waals surface area contributed by atoms with Crippen LogP contribution in [0.3, 0.4) is 0 Å². The van der Waals surface area contributed by atoms with Crippen molar-refractivity contribution in [1.82, 2.24) is 9.55 Å². The number of hydrogen-bond acceptors (Lipinski definition) is 6. The molecule has 146 valence electrons. The van der Waals surface area contributed by atoms with Crippen molar-refractivity contribution in [1.29, 1.82) is 0 Å². The Labute approximate surface area is 166 Å². The highest BCUT2D eigenvalue weighted by Crippen LogP contribution is 2.31. The van der Waals surface area contributed by atoms with Crippen LogP contribution in [0.15, 0.2) is 40.8 Å². The Morgan fingerprint density at radius 1 is 1.25 bits per heavy atom. The molecule has 2 aromatic heterocycles. The Bertz CT molecular complexity index is 1030. The Morgan fingerprint density at radius 3 is 2.71 bits per heavy atom. The summed E-state index contributed by atoms with van der Waals surface area (Å²) in [7, 11) is 0. The fourth-order valence-corrected chi connectivity index (χ4v) is 4.47. The molecule has 0 amide bonds. The van der Waals surface area contributed by atoms with Crippen LogP contribution in [0.2, 0.25) is 0 Å². The highest BCUT2D eigenvalue weighted by atomic mass is 32.1. The summed E-state index contributed by atoms with van der Waals surface area (Å²) in [6, 6.07) is 7.63. The van der Waals surface area contributed by atoms with Gasteiger partial charge in [0.15, 0.2) is 0 Å². The highest BCUT2D eigenvalue weighted by molar-refractivity contribution is 7.17. The van der Waals surface area contributed by atoms with E-state index in [4.69, 9.17) is 9.47 Å². The van der Waals surface area contributed by atoms with Crippen LogP contribution in [0, 0.1) is 0 Å². The minimum Gasteiger partial charge on any atom is -0.494 e. The third-order valence-electron chi connectivity index (χ3n) is 4.94. The molecular formula is C21H22N2O4S. The number of carbonyl (C=O) groups excluding carboxylic acids is 1. The van der Waals surface area contributed by atoms with Crippen LogP contribution in [0.5, 0.6) is 5.75 Å². The number of nitrogens with zero attached hydrogens (tertiary/aromatic N) is 2. The van der Waals surface area contributed by atoms with Gasteiger partial charge in [-0.3, -0.25) is 14.2 Å². The second-order valence-electron chi connectivity index (χ2n) is 6.86. The van der Waals surface area contributed by atoms with E-state index >= 15 is 0 Å². The standard InChI is InChI=1S/C21H22N2O4S/c1-2-26-15-9-7-14(8-10-15)17-12-28-20-19(17)21(25)23(13-22-20)11-18(24)27-16-5-3-4-6-16/h7-10,12-13,16H,2-6,11H2,1H3. The third-order valence-corrected chi connectivity index (χ3v) is 5.82. The van der Waals surface area contributed by atoms with Gasteiger partial charge >= 0.3 is 5.97 Å². The van der Waals surface area contributed by atoms with Gasteiger partial charge in [0, 0.05) is 10.9 Å². The zero-order valence-corrected chi connectivity index (χ0v) is 16.5. The van der Waals surface area contributed by atoms with Crippen molar-refractivity contribution in [2.45, 2.75) is 45.3 Å². The van der Waals surface area contributed by atoms with Gasteiger partial charge in [-0.25, -0.2) is 4.98 Å². The molecule has 6 nitrogen and oxygen atoms in total. The number of hydrogen-bond donors (Lipinski definition) is 0. The summed E-state index contributed by atoms with van der Waals surface area (Å²) in [6.45, 7) is 2.43. The van der Waals surface area contributed by atoms with Crippen molar-refractivity contribution in [2.24, 2.45) is 0 Å². The van der Waals surface area contributed by atoms with Crippen molar-refractivity contribution in [2.75, 3.05) is 6.61 Å².